The zero-order valence-corrected chi connectivity index (χ0v) is 23.5. The summed E-state index contributed by atoms with van der Waals surface area (Å²) in [6, 6.07) is 19.5. The molecular weight excluding hydrogens is 492 g/mol. The highest BCUT2D eigenvalue weighted by Gasteiger charge is 2.16. The van der Waals surface area contributed by atoms with Crippen molar-refractivity contribution in [2.24, 2.45) is 31.8 Å². The van der Waals surface area contributed by atoms with Gasteiger partial charge in [0, 0.05) is 24.8 Å². The number of azo groups is 2. The first-order valence-corrected chi connectivity index (χ1v) is 14.1. The van der Waals surface area contributed by atoms with Crippen molar-refractivity contribution in [3.63, 3.8) is 0 Å². The topological polar surface area (TPSA) is 85.7 Å². The number of ether oxygens (including phenoxy) is 1. The van der Waals surface area contributed by atoms with Gasteiger partial charge in [-0.3, -0.25) is 0 Å². The molecule has 2 aromatic carbocycles. The van der Waals surface area contributed by atoms with Gasteiger partial charge in [0.05, 0.1) is 29.2 Å². The van der Waals surface area contributed by atoms with Gasteiger partial charge in [0.25, 0.3) is 0 Å². The summed E-state index contributed by atoms with van der Waals surface area (Å²) in [4.78, 5) is 2.40. The van der Waals surface area contributed by atoms with Crippen LogP contribution in [-0.4, -0.2) is 19.7 Å². The summed E-state index contributed by atoms with van der Waals surface area (Å²) in [6.45, 7) is 11.9. The van der Waals surface area contributed by atoms with Gasteiger partial charge >= 0.3 is 0 Å². The van der Waals surface area contributed by atoms with Crippen molar-refractivity contribution in [2.45, 2.75) is 53.4 Å². The van der Waals surface area contributed by atoms with Gasteiger partial charge in [0.2, 0.25) is 0 Å². The van der Waals surface area contributed by atoms with Crippen molar-refractivity contribution < 1.29 is 4.74 Å². The van der Waals surface area contributed by atoms with E-state index in [1.165, 1.54) is 29.9 Å². The molecule has 0 N–H and O–H groups in total. The van der Waals surface area contributed by atoms with Crippen LogP contribution in [0.3, 0.4) is 0 Å². The van der Waals surface area contributed by atoms with Crippen molar-refractivity contribution in [3.8, 4) is 11.1 Å². The third-order valence-electron chi connectivity index (χ3n) is 6.33. The largest absolute Gasteiger partial charge is 0.484 e. The van der Waals surface area contributed by atoms with Crippen LogP contribution in [0.2, 0.25) is 0 Å². The molecule has 1 aliphatic rings. The Morgan fingerprint density at radius 1 is 0.921 bits per heavy atom. The van der Waals surface area contributed by atoms with E-state index in [9.17, 15) is 5.26 Å². The van der Waals surface area contributed by atoms with Gasteiger partial charge in [-0.2, -0.15) is 15.5 Å². The molecule has 0 aliphatic carbocycles. The van der Waals surface area contributed by atoms with Crippen molar-refractivity contribution in [2.75, 3.05) is 24.6 Å². The van der Waals surface area contributed by atoms with E-state index in [2.05, 4.69) is 71.3 Å². The average molecular weight is 529 g/mol. The highest BCUT2D eigenvalue weighted by molar-refractivity contribution is 7.17. The quantitative estimate of drug-likeness (QED) is 0.245. The highest BCUT2D eigenvalue weighted by Crippen LogP contribution is 2.37. The van der Waals surface area contributed by atoms with Crippen LogP contribution < -0.4 is 9.64 Å². The summed E-state index contributed by atoms with van der Waals surface area (Å²) in [6.07, 6.45) is 4.64. The van der Waals surface area contributed by atoms with E-state index in [1.807, 2.05) is 36.4 Å². The van der Waals surface area contributed by atoms with E-state index in [-0.39, 0.29) is 0 Å². The Labute approximate surface area is 229 Å². The molecule has 0 radical (unpaired) electrons. The van der Waals surface area contributed by atoms with Crippen molar-refractivity contribution >= 4 is 39.1 Å². The standard InChI is InChI=1S/C30H36N6OS/c1-22(20-30(2,3)4)15-18-37-28-19-23(21-31)29(38-28)35-34-25-9-7-24(8-10-25)32-33-26-11-13-27(14-12-26)36-16-5-6-17-36/h7-14,19,22H,5-6,15-18,20H2,1-4H3/b33-32+,35-34+. The molecule has 2 heterocycles. The fourth-order valence-electron chi connectivity index (χ4n) is 4.60. The summed E-state index contributed by atoms with van der Waals surface area (Å²) < 4.78 is 5.92. The molecule has 8 heteroatoms. The Kier molecular flexibility index (Phi) is 9.24. The number of hydrogen-bond donors (Lipinski definition) is 0. The Morgan fingerprint density at radius 2 is 1.47 bits per heavy atom. The van der Waals surface area contributed by atoms with Gasteiger partial charge in [-0.25, -0.2) is 0 Å². The van der Waals surface area contributed by atoms with Crippen LogP contribution in [0.15, 0.2) is 75.1 Å². The average Bonchev–Trinajstić information content (AvgIpc) is 3.56. The Hall–Kier alpha value is -3.57. The molecule has 0 bridgehead atoms. The van der Waals surface area contributed by atoms with Crippen LogP contribution in [0.1, 0.15) is 58.9 Å². The van der Waals surface area contributed by atoms with Gasteiger partial charge in [-0.05, 0) is 85.5 Å². The maximum Gasteiger partial charge on any atom is 0.177 e. The van der Waals surface area contributed by atoms with E-state index < -0.39 is 0 Å². The van der Waals surface area contributed by atoms with E-state index >= 15 is 0 Å². The first-order chi connectivity index (χ1) is 18.3. The van der Waals surface area contributed by atoms with Crippen LogP contribution in [0, 0.1) is 22.7 Å². The minimum absolute atomic E-state index is 0.310. The summed E-state index contributed by atoms with van der Waals surface area (Å²) in [7, 11) is 0. The number of hydrogen-bond acceptors (Lipinski definition) is 8. The smallest absolute Gasteiger partial charge is 0.177 e. The minimum Gasteiger partial charge on any atom is -0.484 e. The van der Waals surface area contributed by atoms with Crippen molar-refractivity contribution in [3.05, 3.63) is 60.2 Å². The van der Waals surface area contributed by atoms with Crippen LogP contribution >= 0.6 is 11.3 Å². The number of nitrogens with zero attached hydrogens (tertiary/aromatic N) is 6. The van der Waals surface area contributed by atoms with Crippen LogP contribution in [0.4, 0.5) is 27.8 Å². The Morgan fingerprint density at radius 3 is 2.03 bits per heavy atom. The fourth-order valence-corrected chi connectivity index (χ4v) is 5.41. The molecule has 7 nitrogen and oxygen atoms in total. The molecule has 0 amide bonds. The first-order valence-electron chi connectivity index (χ1n) is 13.2. The third kappa shape index (κ3) is 8.22. The van der Waals surface area contributed by atoms with Crippen LogP contribution in [0.5, 0.6) is 5.06 Å². The SMILES string of the molecule is CC(CCOc1cc(C#N)c(/N=N/c2ccc(/N=N/c3ccc(N4CCCC4)cc3)cc2)s1)CC(C)(C)C. The minimum atomic E-state index is 0.310. The second-order valence-corrected chi connectivity index (χ2v) is 12.0. The lowest BCUT2D eigenvalue weighted by atomic mass is 9.84. The first kappa shape index (κ1) is 27.5. The van der Waals surface area contributed by atoms with Gasteiger partial charge in [-0.1, -0.05) is 39.0 Å². The van der Waals surface area contributed by atoms with E-state index in [0.29, 0.717) is 39.3 Å². The Bertz CT molecular complexity index is 1280. The molecule has 1 aromatic heterocycles. The summed E-state index contributed by atoms with van der Waals surface area (Å²) >= 11 is 1.34. The predicted octanol–water partition coefficient (Wildman–Crippen LogP) is 9.89. The summed E-state index contributed by atoms with van der Waals surface area (Å²) in [5, 5.41) is 28.0. The third-order valence-corrected chi connectivity index (χ3v) is 7.27. The lowest BCUT2D eigenvalue weighted by Crippen LogP contribution is -2.17. The zero-order valence-electron chi connectivity index (χ0n) is 22.7. The summed E-state index contributed by atoms with van der Waals surface area (Å²) in [5.74, 6) is 0.576. The molecule has 198 valence electrons. The molecule has 1 fully saturated rings. The summed E-state index contributed by atoms with van der Waals surface area (Å²) in [5.41, 5.74) is 4.25. The normalized spacial score (nSPS) is 14.9. The van der Waals surface area contributed by atoms with Gasteiger partial charge in [0.1, 0.15) is 6.07 Å². The molecule has 38 heavy (non-hydrogen) atoms. The lowest BCUT2D eigenvalue weighted by molar-refractivity contribution is 0.244. The van der Waals surface area contributed by atoms with Crippen LogP contribution in [0.25, 0.3) is 0 Å². The predicted molar refractivity (Wildman–Crippen MR) is 155 cm³/mol. The second kappa shape index (κ2) is 12.8. The molecule has 1 saturated heterocycles. The number of anilines is 1. The highest BCUT2D eigenvalue weighted by atomic mass is 32.1. The van der Waals surface area contributed by atoms with Crippen molar-refractivity contribution in [1.29, 1.82) is 5.26 Å². The lowest BCUT2D eigenvalue weighted by Gasteiger charge is -2.23. The fraction of sp³-hybridized carbons (Fsp3) is 0.433. The monoisotopic (exact) mass is 528 g/mol. The van der Waals surface area contributed by atoms with E-state index in [0.717, 1.165) is 37.3 Å². The van der Waals surface area contributed by atoms with Gasteiger partial charge in [-0.15, -0.1) is 10.2 Å². The van der Waals surface area contributed by atoms with Gasteiger partial charge < -0.3 is 9.64 Å². The van der Waals surface area contributed by atoms with Gasteiger partial charge in [0.15, 0.2) is 10.1 Å². The maximum absolute atomic E-state index is 9.50. The number of benzene rings is 2. The molecule has 1 unspecified atom stereocenters. The molecular formula is C30H36N6OS. The molecule has 1 aliphatic heterocycles. The van der Waals surface area contributed by atoms with Crippen LogP contribution in [-0.2, 0) is 0 Å². The Balaban J connectivity index is 1.31. The second-order valence-electron chi connectivity index (χ2n) is 11.0. The molecule has 3 aromatic rings. The number of nitriles is 1. The van der Waals surface area contributed by atoms with E-state index in [1.54, 1.807) is 6.07 Å². The van der Waals surface area contributed by atoms with E-state index in [4.69, 9.17) is 4.74 Å². The molecule has 4 rings (SSSR count). The number of thiophene rings is 1. The van der Waals surface area contributed by atoms with Crippen molar-refractivity contribution in [1.82, 2.24) is 0 Å². The maximum atomic E-state index is 9.50. The molecule has 0 saturated carbocycles. The number of rotatable bonds is 10. The molecule has 1 atom stereocenters. The molecule has 0 spiro atoms. The zero-order chi connectivity index (χ0) is 27.0.